The standard InChI is InChI=1S/C13H18N4O3/c14-10-3-1-4-11(13(10)17(19)20)15-8-2-5-12(18)16-9-6-7-9/h1,3-4,9,15H,2,5-8,14H2,(H,16,18). The largest absolute Gasteiger partial charge is 0.393 e. The van der Waals surface area contributed by atoms with Gasteiger partial charge in [-0.2, -0.15) is 0 Å². The van der Waals surface area contributed by atoms with Crippen molar-refractivity contribution in [3.05, 3.63) is 28.3 Å². The number of carbonyl (C=O) groups is 1. The molecule has 7 nitrogen and oxygen atoms in total. The number of amides is 1. The number of nitrogens with two attached hydrogens (primary N) is 1. The van der Waals surface area contributed by atoms with Gasteiger partial charge in [0, 0.05) is 19.0 Å². The molecule has 20 heavy (non-hydrogen) atoms. The van der Waals surface area contributed by atoms with Crippen LogP contribution in [0.1, 0.15) is 25.7 Å². The topological polar surface area (TPSA) is 110 Å². The summed E-state index contributed by atoms with van der Waals surface area (Å²) in [6, 6.07) is 5.13. The molecule has 108 valence electrons. The van der Waals surface area contributed by atoms with Crippen molar-refractivity contribution in [1.82, 2.24) is 5.32 Å². The van der Waals surface area contributed by atoms with Crippen LogP contribution in [0.15, 0.2) is 18.2 Å². The second-order valence-corrected chi connectivity index (χ2v) is 4.87. The third-order valence-electron chi connectivity index (χ3n) is 3.09. The predicted octanol–water partition coefficient (Wildman–Crippen LogP) is 1.65. The van der Waals surface area contributed by atoms with Gasteiger partial charge in [0.15, 0.2) is 0 Å². The van der Waals surface area contributed by atoms with Crippen LogP contribution < -0.4 is 16.4 Å². The number of para-hydroxylation sites is 1. The molecule has 0 spiro atoms. The maximum absolute atomic E-state index is 11.5. The van der Waals surface area contributed by atoms with Crippen LogP contribution in [0.5, 0.6) is 0 Å². The van der Waals surface area contributed by atoms with Gasteiger partial charge in [-0.05, 0) is 31.4 Å². The number of carbonyl (C=O) groups excluding carboxylic acids is 1. The molecule has 0 heterocycles. The van der Waals surface area contributed by atoms with E-state index in [0.717, 1.165) is 12.8 Å². The monoisotopic (exact) mass is 278 g/mol. The highest BCUT2D eigenvalue weighted by molar-refractivity contribution is 5.77. The summed E-state index contributed by atoms with van der Waals surface area (Å²) < 4.78 is 0. The third kappa shape index (κ3) is 3.84. The smallest absolute Gasteiger partial charge is 0.314 e. The highest BCUT2D eigenvalue weighted by Gasteiger charge is 2.22. The molecule has 0 aliphatic heterocycles. The minimum atomic E-state index is -0.503. The Hall–Kier alpha value is -2.31. The zero-order valence-corrected chi connectivity index (χ0v) is 11.1. The van der Waals surface area contributed by atoms with Crippen LogP contribution in [0.4, 0.5) is 17.1 Å². The van der Waals surface area contributed by atoms with Gasteiger partial charge in [-0.3, -0.25) is 14.9 Å². The summed E-state index contributed by atoms with van der Waals surface area (Å²) in [5.74, 6) is 0.0383. The molecule has 4 N–H and O–H groups in total. The number of nitro groups is 1. The highest BCUT2D eigenvalue weighted by atomic mass is 16.6. The first kappa shape index (κ1) is 14.1. The van der Waals surface area contributed by atoms with Crippen molar-refractivity contribution in [3.8, 4) is 0 Å². The molecule has 0 bridgehead atoms. The SMILES string of the molecule is Nc1cccc(NCCCC(=O)NC2CC2)c1[N+](=O)[O-]. The van der Waals surface area contributed by atoms with Crippen molar-refractivity contribution in [2.75, 3.05) is 17.6 Å². The lowest BCUT2D eigenvalue weighted by atomic mass is 10.2. The Morgan fingerprint density at radius 2 is 2.20 bits per heavy atom. The summed E-state index contributed by atoms with van der Waals surface area (Å²) in [6.45, 7) is 0.488. The molecule has 1 fully saturated rings. The summed E-state index contributed by atoms with van der Waals surface area (Å²) in [5.41, 5.74) is 5.99. The highest BCUT2D eigenvalue weighted by Crippen LogP contribution is 2.30. The third-order valence-corrected chi connectivity index (χ3v) is 3.09. The van der Waals surface area contributed by atoms with E-state index in [-0.39, 0.29) is 17.3 Å². The molecular weight excluding hydrogens is 260 g/mol. The van der Waals surface area contributed by atoms with E-state index in [1.165, 1.54) is 6.07 Å². The molecule has 2 rings (SSSR count). The Bertz CT molecular complexity index is 514. The van der Waals surface area contributed by atoms with E-state index in [9.17, 15) is 14.9 Å². The predicted molar refractivity (Wildman–Crippen MR) is 76.4 cm³/mol. The number of nitro benzene ring substituents is 1. The first-order chi connectivity index (χ1) is 9.58. The Kier molecular flexibility index (Phi) is 4.39. The van der Waals surface area contributed by atoms with Gasteiger partial charge in [-0.1, -0.05) is 6.07 Å². The van der Waals surface area contributed by atoms with Gasteiger partial charge in [0.2, 0.25) is 5.91 Å². The van der Waals surface area contributed by atoms with E-state index in [1.54, 1.807) is 12.1 Å². The van der Waals surface area contributed by atoms with E-state index < -0.39 is 4.92 Å². The number of anilines is 2. The van der Waals surface area contributed by atoms with Crippen molar-refractivity contribution in [3.63, 3.8) is 0 Å². The van der Waals surface area contributed by atoms with E-state index in [4.69, 9.17) is 5.73 Å². The van der Waals surface area contributed by atoms with Gasteiger partial charge < -0.3 is 16.4 Å². The van der Waals surface area contributed by atoms with Crippen LogP contribution in [0.2, 0.25) is 0 Å². The van der Waals surface area contributed by atoms with E-state index >= 15 is 0 Å². The Morgan fingerprint density at radius 1 is 1.45 bits per heavy atom. The minimum Gasteiger partial charge on any atom is -0.393 e. The molecule has 1 saturated carbocycles. The number of benzene rings is 1. The molecule has 0 atom stereocenters. The van der Waals surface area contributed by atoms with Gasteiger partial charge >= 0.3 is 5.69 Å². The molecule has 1 aromatic rings. The number of hydrogen-bond donors (Lipinski definition) is 3. The lowest BCUT2D eigenvalue weighted by Crippen LogP contribution is -2.25. The molecule has 0 saturated heterocycles. The van der Waals surface area contributed by atoms with Gasteiger partial charge in [-0.15, -0.1) is 0 Å². The molecule has 0 aromatic heterocycles. The average molecular weight is 278 g/mol. The second-order valence-electron chi connectivity index (χ2n) is 4.87. The summed E-state index contributed by atoms with van der Waals surface area (Å²) in [5, 5.41) is 16.8. The quantitative estimate of drug-likeness (QED) is 0.304. The van der Waals surface area contributed by atoms with Crippen LogP contribution in [0, 0.1) is 10.1 Å². The van der Waals surface area contributed by atoms with E-state index in [0.29, 0.717) is 31.1 Å². The number of hydrogen-bond acceptors (Lipinski definition) is 5. The van der Waals surface area contributed by atoms with Crippen LogP contribution in [0.25, 0.3) is 0 Å². The van der Waals surface area contributed by atoms with Crippen molar-refractivity contribution in [2.24, 2.45) is 0 Å². The maximum atomic E-state index is 11.5. The van der Waals surface area contributed by atoms with Crippen molar-refractivity contribution in [1.29, 1.82) is 0 Å². The molecular formula is C13H18N4O3. The van der Waals surface area contributed by atoms with Crippen molar-refractivity contribution in [2.45, 2.75) is 31.7 Å². The summed E-state index contributed by atoms with van der Waals surface area (Å²) in [6.07, 6.45) is 3.17. The van der Waals surface area contributed by atoms with Gasteiger partial charge in [-0.25, -0.2) is 0 Å². The first-order valence-electron chi connectivity index (χ1n) is 6.64. The van der Waals surface area contributed by atoms with Crippen molar-refractivity contribution < 1.29 is 9.72 Å². The maximum Gasteiger partial charge on any atom is 0.314 e. The first-order valence-corrected chi connectivity index (χ1v) is 6.64. The van der Waals surface area contributed by atoms with Gasteiger partial charge in [0.25, 0.3) is 0 Å². The van der Waals surface area contributed by atoms with Crippen LogP contribution in [-0.4, -0.2) is 23.4 Å². The second kappa shape index (κ2) is 6.23. The fraction of sp³-hybridized carbons (Fsp3) is 0.462. The number of rotatable bonds is 7. The van der Waals surface area contributed by atoms with Gasteiger partial charge in [0.1, 0.15) is 11.4 Å². The average Bonchev–Trinajstić information content (AvgIpc) is 3.18. The molecule has 7 heteroatoms. The molecule has 0 radical (unpaired) electrons. The molecule has 1 aromatic carbocycles. The fourth-order valence-electron chi connectivity index (χ4n) is 1.91. The summed E-state index contributed by atoms with van der Waals surface area (Å²) >= 11 is 0. The Morgan fingerprint density at radius 3 is 2.85 bits per heavy atom. The normalized spacial score (nSPS) is 13.8. The lowest BCUT2D eigenvalue weighted by molar-refractivity contribution is -0.383. The molecule has 0 unspecified atom stereocenters. The van der Waals surface area contributed by atoms with E-state index in [2.05, 4.69) is 10.6 Å². The van der Waals surface area contributed by atoms with Crippen LogP contribution >= 0.6 is 0 Å². The number of nitrogen functional groups attached to an aromatic ring is 1. The summed E-state index contributed by atoms with van der Waals surface area (Å²) in [7, 11) is 0. The van der Waals surface area contributed by atoms with Crippen molar-refractivity contribution >= 4 is 23.0 Å². The summed E-state index contributed by atoms with van der Waals surface area (Å²) in [4.78, 5) is 21.9. The zero-order valence-electron chi connectivity index (χ0n) is 11.1. The molecule has 1 amide bonds. The minimum absolute atomic E-state index is 0.0383. The Balaban J connectivity index is 1.80. The fourth-order valence-corrected chi connectivity index (χ4v) is 1.91. The molecule has 1 aliphatic rings. The van der Waals surface area contributed by atoms with E-state index in [1.807, 2.05) is 0 Å². The Labute approximate surface area is 116 Å². The van der Waals surface area contributed by atoms with Crippen LogP contribution in [0.3, 0.4) is 0 Å². The zero-order chi connectivity index (χ0) is 14.5. The van der Waals surface area contributed by atoms with Gasteiger partial charge in [0.05, 0.1) is 4.92 Å². The number of nitrogens with one attached hydrogen (secondary N) is 2. The molecule has 1 aliphatic carbocycles. The number of nitrogens with zero attached hydrogens (tertiary/aromatic N) is 1. The van der Waals surface area contributed by atoms with Crippen LogP contribution in [-0.2, 0) is 4.79 Å². The lowest BCUT2D eigenvalue weighted by Gasteiger charge is -2.08.